The van der Waals surface area contributed by atoms with Gasteiger partial charge in [-0.25, -0.2) is 0 Å². The first-order chi connectivity index (χ1) is 10.1. The lowest BCUT2D eigenvalue weighted by molar-refractivity contribution is 0.229. The molecule has 1 atom stereocenters. The van der Waals surface area contributed by atoms with Crippen molar-refractivity contribution in [3.63, 3.8) is 0 Å². The first-order valence-electron chi connectivity index (χ1n) is 7.20. The fraction of sp³-hybridized carbons (Fsp3) is 0.263. The van der Waals surface area contributed by atoms with Gasteiger partial charge in [-0.1, -0.05) is 62.4 Å². The van der Waals surface area contributed by atoms with Crippen LogP contribution in [0.3, 0.4) is 0 Å². The molecule has 0 heterocycles. The number of hydrogen-bond donors (Lipinski definition) is 1. The summed E-state index contributed by atoms with van der Waals surface area (Å²) < 4.78 is 5.12. The molecule has 0 saturated carbocycles. The average molecular weight is 282 g/mol. The maximum atomic E-state index is 10.2. The topological polar surface area (TPSA) is 29.5 Å². The maximum absolute atomic E-state index is 10.2. The molecule has 0 bridgehead atoms. The molecule has 0 aliphatic heterocycles. The Morgan fingerprint density at radius 1 is 0.905 bits per heavy atom. The molecule has 2 nitrogen and oxygen atoms in total. The molecule has 0 aliphatic rings. The predicted molar refractivity (Wildman–Crippen MR) is 87.5 cm³/mol. The number of hydrogen-bond acceptors (Lipinski definition) is 2. The predicted octanol–water partition coefficient (Wildman–Crippen LogP) is 4.57. The monoisotopic (exact) mass is 282 g/mol. The number of aliphatic hydroxyl groups is 1. The van der Waals surface area contributed by atoms with E-state index < -0.39 is 6.10 Å². The van der Waals surface area contributed by atoms with Crippen LogP contribution >= 0.6 is 0 Å². The van der Waals surface area contributed by atoms with Crippen LogP contribution < -0.4 is 4.74 Å². The summed E-state index contributed by atoms with van der Waals surface area (Å²) in [5.74, 6) is 1.34. The Balaban J connectivity index is 2.05. The second-order valence-electron chi connectivity index (χ2n) is 5.40. The molecular formula is C19H22O2. The van der Waals surface area contributed by atoms with Gasteiger partial charge in [-0.2, -0.15) is 0 Å². The Bertz CT molecular complexity index is 580. The van der Waals surface area contributed by atoms with E-state index in [0.29, 0.717) is 5.92 Å². The zero-order valence-corrected chi connectivity index (χ0v) is 12.8. The molecule has 1 N–H and O–H groups in total. The van der Waals surface area contributed by atoms with Crippen molar-refractivity contribution in [1.82, 2.24) is 0 Å². The Morgan fingerprint density at radius 3 is 2.00 bits per heavy atom. The van der Waals surface area contributed by atoms with Crippen molar-refractivity contribution in [1.29, 1.82) is 0 Å². The van der Waals surface area contributed by atoms with E-state index in [-0.39, 0.29) is 0 Å². The van der Waals surface area contributed by atoms with Crippen LogP contribution in [0.1, 0.15) is 42.6 Å². The number of ether oxygens (including phenoxy) is 1. The molecule has 0 spiro atoms. The quantitative estimate of drug-likeness (QED) is 0.870. The van der Waals surface area contributed by atoms with Crippen molar-refractivity contribution in [2.75, 3.05) is 7.11 Å². The van der Waals surface area contributed by atoms with Crippen LogP contribution in [-0.2, 0) is 0 Å². The summed E-state index contributed by atoms with van der Waals surface area (Å²) in [6.07, 6.45) is 3.13. The molecule has 0 fully saturated rings. The molecule has 0 radical (unpaired) electrons. The van der Waals surface area contributed by atoms with E-state index in [1.807, 2.05) is 42.5 Å². The van der Waals surface area contributed by atoms with Crippen LogP contribution in [0.4, 0.5) is 0 Å². The van der Waals surface area contributed by atoms with Gasteiger partial charge in [-0.05, 0) is 34.7 Å². The third-order valence-electron chi connectivity index (χ3n) is 3.53. The summed E-state index contributed by atoms with van der Waals surface area (Å²) in [7, 11) is 1.65. The standard InChI is InChI=1S/C19H22O2/c1-14(2)16-7-9-17(10-8-16)19(20)13-6-15-4-11-18(21-3)12-5-15/h4-14,19-20H,1-3H3/b13-6+. The van der Waals surface area contributed by atoms with Gasteiger partial charge in [0.2, 0.25) is 0 Å². The highest BCUT2D eigenvalue weighted by Gasteiger charge is 2.04. The van der Waals surface area contributed by atoms with Gasteiger partial charge in [-0.3, -0.25) is 0 Å². The molecule has 1 unspecified atom stereocenters. The van der Waals surface area contributed by atoms with E-state index in [4.69, 9.17) is 4.74 Å². The Kier molecular flexibility index (Phi) is 5.18. The van der Waals surface area contributed by atoms with Crippen LogP contribution in [-0.4, -0.2) is 12.2 Å². The highest BCUT2D eigenvalue weighted by Crippen LogP contribution is 2.20. The van der Waals surface area contributed by atoms with Crippen LogP contribution in [0, 0.1) is 0 Å². The molecule has 2 heteroatoms. The summed E-state index contributed by atoms with van der Waals surface area (Å²) >= 11 is 0. The van der Waals surface area contributed by atoms with Gasteiger partial charge in [-0.15, -0.1) is 0 Å². The van der Waals surface area contributed by atoms with Crippen molar-refractivity contribution in [2.45, 2.75) is 25.9 Å². The molecular weight excluding hydrogens is 260 g/mol. The molecule has 0 aliphatic carbocycles. The number of methoxy groups -OCH3 is 1. The van der Waals surface area contributed by atoms with Crippen molar-refractivity contribution < 1.29 is 9.84 Å². The van der Waals surface area contributed by atoms with Gasteiger partial charge in [0, 0.05) is 0 Å². The number of rotatable bonds is 5. The summed E-state index contributed by atoms with van der Waals surface area (Å²) in [6, 6.07) is 15.9. The second-order valence-corrected chi connectivity index (χ2v) is 5.40. The van der Waals surface area contributed by atoms with E-state index >= 15 is 0 Å². The average Bonchev–Trinajstić information content (AvgIpc) is 2.53. The van der Waals surface area contributed by atoms with Crippen LogP contribution in [0.2, 0.25) is 0 Å². The maximum Gasteiger partial charge on any atom is 0.118 e. The zero-order valence-electron chi connectivity index (χ0n) is 12.8. The Morgan fingerprint density at radius 2 is 1.48 bits per heavy atom. The molecule has 2 aromatic carbocycles. The highest BCUT2D eigenvalue weighted by molar-refractivity contribution is 5.51. The second kappa shape index (κ2) is 7.09. The van der Waals surface area contributed by atoms with Crippen molar-refractivity contribution >= 4 is 6.08 Å². The number of aliphatic hydroxyl groups excluding tert-OH is 1. The molecule has 110 valence electrons. The smallest absolute Gasteiger partial charge is 0.118 e. The summed E-state index contributed by atoms with van der Waals surface area (Å²) in [6.45, 7) is 4.32. The minimum Gasteiger partial charge on any atom is -0.497 e. The summed E-state index contributed by atoms with van der Waals surface area (Å²) in [5.41, 5.74) is 3.22. The largest absolute Gasteiger partial charge is 0.497 e. The van der Waals surface area contributed by atoms with E-state index in [9.17, 15) is 5.11 Å². The molecule has 0 saturated heterocycles. The Hall–Kier alpha value is -2.06. The van der Waals surface area contributed by atoms with Crippen molar-refractivity contribution in [2.24, 2.45) is 0 Å². The van der Waals surface area contributed by atoms with E-state index in [2.05, 4.69) is 26.0 Å². The van der Waals surface area contributed by atoms with Crippen LogP contribution in [0.25, 0.3) is 6.08 Å². The zero-order chi connectivity index (χ0) is 15.2. The minimum absolute atomic E-state index is 0.506. The van der Waals surface area contributed by atoms with Gasteiger partial charge in [0.05, 0.1) is 13.2 Å². The van der Waals surface area contributed by atoms with E-state index in [1.54, 1.807) is 13.2 Å². The number of benzene rings is 2. The van der Waals surface area contributed by atoms with E-state index in [1.165, 1.54) is 5.56 Å². The summed E-state index contributed by atoms with van der Waals surface area (Å²) in [5, 5.41) is 10.2. The molecule has 21 heavy (non-hydrogen) atoms. The normalized spacial score (nSPS) is 12.8. The minimum atomic E-state index is -0.590. The van der Waals surface area contributed by atoms with Crippen LogP contribution in [0.5, 0.6) is 5.75 Å². The van der Waals surface area contributed by atoms with Gasteiger partial charge >= 0.3 is 0 Å². The third kappa shape index (κ3) is 4.20. The lowest BCUT2D eigenvalue weighted by Gasteiger charge is -2.09. The third-order valence-corrected chi connectivity index (χ3v) is 3.53. The van der Waals surface area contributed by atoms with Crippen molar-refractivity contribution in [3.05, 3.63) is 71.3 Å². The van der Waals surface area contributed by atoms with Gasteiger partial charge in [0.25, 0.3) is 0 Å². The van der Waals surface area contributed by atoms with Crippen molar-refractivity contribution in [3.8, 4) is 5.75 Å². The SMILES string of the molecule is COc1ccc(/C=C/C(O)c2ccc(C(C)C)cc2)cc1. The molecule has 0 aromatic heterocycles. The van der Waals surface area contributed by atoms with Gasteiger partial charge < -0.3 is 9.84 Å². The van der Waals surface area contributed by atoms with Crippen LogP contribution in [0.15, 0.2) is 54.6 Å². The first-order valence-corrected chi connectivity index (χ1v) is 7.20. The molecule has 2 rings (SSSR count). The lowest BCUT2D eigenvalue weighted by atomic mass is 9.99. The lowest BCUT2D eigenvalue weighted by Crippen LogP contribution is -1.94. The molecule has 2 aromatic rings. The molecule has 0 amide bonds. The van der Waals surface area contributed by atoms with E-state index in [0.717, 1.165) is 16.9 Å². The Labute approximate surface area is 126 Å². The van der Waals surface area contributed by atoms with Gasteiger partial charge in [0.1, 0.15) is 5.75 Å². The fourth-order valence-corrected chi connectivity index (χ4v) is 2.11. The highest BCUT2D eigenvalue weighted by atomic mass is 16.5. The first kappa shape index (κ1) is 15.3. The fourth-order valence-electron chi connectivity index (χ4n) is 2.11. The van der Waals surface area contributed by atoms with Gasteiger partial charge in [0.15, 0.2) is 0 Å². The summed E-state index contributed by atoms with van der Waals surface area (Å²) in [4.78, 5) is 0.